The van der Waals surface area contributed by atoms with Crippen LogP contribution in [0.3, 0.4) is 0 Å². The number of hydrogen-bond donors (Lipinski definition) is 0. The lowest BCUT2D eigenvalue weighted by atomic mass is 10.1. The molecule has 2 amide bonds. The normalized spacial score (nSPS) is 10.5. The van der Waals surface area contributed by atoms with Gasteiger partial charge in [0.2, 0.25) is 0 Å². The number of carbonyl (C=O) groups excluding carboxylic acids is 2. The van der Waals surface area contributed by atoms with E-state index in [0.29, 0.717) is 16.9 Å². The molecule has 0 bridgehead atoms. The maximum atomic E-state index is 13.3. The Hall–Kier alpha value is -3.27. The van der Waals surface area contributed by atoms with Crippen LogP contribution in [0.5, 0.6) is 0 Å². The van der Waals surface area contributed by atoms with Gasteiger partial charge >= 0.3 is 0 Å². The average molecular weight is 372 g/mol. The van der Waals surface area contributed by atoms with Crippen molar-refractivity contribution in [3.63, 3.8) is 0 Å². The van der Waals surface area contributed by atoms with Crippen molar-refractivity contribution in [2.75, 3.05) is 4.90 Å². The Morgan fingerprint density at radius 3 is 1.64 bits per heavy atom. The van der Waals surface area contributed by atoms with Crippen molar-refractivity contribution >= 4 is 17.6 Å². The molecule has 28 heavy (non-hydrogen) atoms. The van der Waals surface area contributed by atoms with E-state index in [1.165, 1.54) is 0 Å². The second-order valence-electron chi connectivity index (χ2n) is 6.74. The third-order valence-electron chi connectivity index (χ3n) is 4.75. The lowest BCUT2D eigenvalue weighted by molar-refractivity contribution is 0.0896. The number of nitrogens with zero attached hydrogens (tertiary/aromatic N) is 2. The van der Waals surface area contributed by atoms with Gasteiger partial charge in [-0.25, -0.2) is 9.88 Å². The molecule has 142 valence electrons. The van der Waals surface area contributed by atoms with Crippen LogP contribution >= 0.6 is 0 Å². The van der Waals surface area contributed by atoms with Gasteiger partial charge in [0.15, 0.2) is 0 Å². The third-order valence-corrected chi connectivity index (χ3v) is 4.75. The fraction of sp³-hybridized carbons (Fsp3) is 0.208. The van der Waals surface area contributed by atoms with E-state index in [-0.39, 0.29) is 11.8 Å². The summed E-state index contributed by atoms with van der Waals surface area (Å²) in [5, 5.41) is 0. The summed E-state index contributed by atoms with van der Waals surface area (Å²) in [6, 6.07) is 18.3. The van der Waals surface area contributed by atoms with Crippen LogP contribution in [-0.2, 0) is 12.8 Å². The Bertz CT molecular complexity index is 917. The first kappa shape index (κ1) is 19.5. The van der Waals surface area contributed by atoms with Gasteiger partial charge in [-0.1, -0.05) is 38.1 Å². The Morgan fingerprint density at radius 1 is 0.786 bits per heavy atom. The van der Waals surface area contributed by atoms with Crippen LogP contribution in [0.4, 0.5) is 5.82 Å². The minimum absolute atomic E-state index is 0.328. The zero-order chi connectivity index (χ0) is 20.1. The van der Waals surface area contributed by atoms with Crippen LogP contribution in [0.2, 0.25) is 0 Å². The SMILES string of the molecule is CCc1ccc(C(=O)N(C(=O)c2ccc(CC)cc2)c2cc(C)ccn2)cc1. The van der Waals surface area contributed by atoms with Crippen LogP contribution in [-0.4, -0.2) is 16.8 Å². The van der Waals surface area contributed by atoms with Crippen molar-refractivity contribution in [2.45, 2.75) is 33.6 Å². The smallest absolute Gasteiger partial charge is 0.266 e. The van der Waals surface area contributed by atoms with Gasteiger partial charge in [0.25, 0.3) is 11.8 Å². The number of rotatable bonds is 5. The third kappa shape index (κ3) is 4.17. The molecule has 0 spiro atoms. The number of pyridine rings is 1. The largest absolute Gasteiger partial charge is 0.268 e. The van der Waals surface area contributed by atoms with Crippen molar-refractivity contribution in [1.82, 2.24) is 4.98 Å². The van der Waals surface area contributed by atoms with Crippen molar-refractivity contribution in [1.29, 1.82) is 0 Å². The van der Waals surface area contributed by atoms with Crippen molar-refractivity contribution in [2.24, 2.45) is 0 Å². The molecule has 0 saturated heterocycles. The van der Waals surface area contributed by atoms with Gasteiger partial charge in [0.1, 0.15) is 5.82 Å². The molecule has 1 heterocycles. The van der Waals surface area contributed by atoms with Gasteiger partial charge in [0, 0.05) is 17.3 Å². The number of aromatic nitrogens is 1. The fourth-order valence-electron chi connectivity index (χ4n) is 2.97. The fourth-order valence-corrected chi connectivity index (χ4v) is 2.97. The minimum Gasteiger partial charge on any atom is -0.268 e. The number of imide groups is 1. The first-order valence-electron chi connectivity index (χ1n) is 9.52. The standard InChI is InChI=1S/C24H24N2O2/c1-4-18-6-10-20(11-7-18)23(27)26(22-16-17(3)14-15-25-22)24(28)21-12-8-19(5-2)9-13-21/h6-16H,4-5H2,1-3H3. The summed E-state index contributed by atoms with van der Waals surface area (Å²) in [5.74, 6) is -0.440. The summed E-state index contributed by atoms with van der Waals surface area (Å²) in [6.45, 7) is 6.02. The van der Waals surface area contributed by atoms with Crippen LogP contribution in [0.25, 0.3) is 0 Å². The van der Waals surface area contributed by atoms with E-state index in [4.69, 9.17) is 0 Å². The molecule has 4 heteroatoms. The molecule has 0 radical (unpaired) electrons. The minimum atomic E-state index is -0.384. The molecule has 0 N–H and O–H groups in total. The summed E-state index contributed by atoms with van der Waals surface area (Å²) >= 11 is 0. The Morgan fingerprint density at radius 2 is 1.25 bits per heavy atom. The Labute approximate surface area is 165 Å². The number of aryl methyl sites for hydroxylation is 3. The van der Waals surface area contributed by atoms with E-state index in [0.717, 1.165) is 34.4 Å². The second-order valence-corrected chi connectivity index (χ2v) is 6.74. The Balaban J connectivity index is 2.03. The van der Waals surface area contributed by atoms with Crippen molar-refractivity contribution < 1.29 is 9.59 Å². The molecule has 2 aromatic carbocycles. The highest BCUT2D eigenvalue weighted by Crippen LogP contribution is 2.20. The maximum Gasteiger partial charge on any atom is 0.266 e. The number of amides is 2. The molecule has 0 aliphatic carbocycles. The molecule has 0 saturated carbocycles. The summed E-state index contributed by atoms with van der Waals surface area (Å²) in [4.78, 5) is 32.0. The van der Waals surface area contributed by atoms with E-state index < -0.39 is 0 Å². The van der Waals surface area contributed by atoms with Gasteiger partial charge in [-0.2, -0.15) is 0 Å². The molecular formula is C24H24N2O2. The lowest BCUT2D eigenvalue weighted by Crippen LogP contribution is -2.37. The number of hydrogen-bond acceptors (Lipinski definition) is 3. The van der Waals surface area contributed by atoms with Crippen molar-refractivity contribution in [3.05, 3.63) is 94.7 Å². The molecule has 0 aliphatic rings. The molecule has 0 aliphatic heterocycles. The molecule has 0 unspecified atom stereocenters. The highest BCUT2D eigenvalue weighted by atomic mass is 16.2. The van der Waals surface area contributed by atoms with Crippen LogP contribution in [0.15, 0.2) is 66.9 Å². The Kier molecular flexibility index (Phi) is 5.99. The average Bonchev–Trinajstić information content (AvgIpc) is 2.74. The van der Waals surface area contributed by atoms with Gasteiger partial charge < -0.3 is 0 Å². The molecule has 3 aromatic rings. The summed E-state index contributed by atoms with van der Waals surface area (Å²) in [6.07, 6.45) is 3.39. The quantitative estimate of drug-likeness (QED) is 0.592. The molecule has 3 rings (SSSR count). The van der Waals surface area contributed by atoms with Gasteiger partial charge in [-0.15, -0.1) is 0 Å². The van der Waals surface area contributed by atoms with Crippen LogP contribution in [0, 0.1) is 6.92 Å². The summed E-state index contributed by atoms with van der Waals surface area (Å²) in [7, 11) is 0. The predicted octanol–water partition coefficient (Wildman–Crippen LogP) is 5.00. The van der Waals surface area contributed by atoms with E-state index in [2.05, 4.69) is 18.8 Å². The van der Waals surface area contributed by atoms with Crippen LogP contribution in [0.1, 0.15) is 51.3 Å². The zero-order valence-electron chi connectivity index (χ0n) is 16.5. The van der Waals surface area contributed by atoms with E-state index >= 15 is 0 Å². The van der Waals surface area contributed by atoms with E-state index in [9.17, 15) is 9.59 Å². The lowest BCUT2D eigenvalue weighted by Gasteiger charge is -2.21. The second kappa shape index (κ2) is 8.61. The molecule has 0 fully saturated rings. The van der Waals surface area contributed by atoms with Gasteiger partial charge in [-0.05, 0) is 72.9 Å². The number of anilines is 1. The van der Waals surface area contributed by atoms with Crippen molar-refractivity contribution in [3.8, 4) is 0 Å². The maximum absolute atomic E-state index is 13.3. The number of carbonyl (C=O) groups is 2. The first-order chi connectivity index (χ1) is 13.5. The predicted molar refractivity (Wildman–Crippen MR) is 112 cm³/mol. The highest BCUT2D eigenvalue weighted by Gasteiger charge is 2.27. The summed E-state index contributed by atoms with van der Waals surface area (Å²) in [5.41, 5.74) is 4.12. The molecule has 4 nitrogen and oxygen atoms in total. The molecule has 0 atom stereocenters. The zero-order valence-corrected chi connectivity index (χ0v) is 16.5. The first-order valence-corrected chi connectivity index (χ1v) is 9.52. The van der Waals surface area contributed by atoms with Gasteiger partial charge in [0.05, 0.1) is 0 Å². The summed E-state index contributed by atoms with van der Waals surface area (Å²) < 4.78 is 0. The van der Waals surface area contributed by atoms with E-state index in [1.54, 1.807) is 36.5 Å². The monoisotopic (exact) mass is 372 g/mol. The van der Waals surface area contributed by atoms with Gasteiger partial charge in [-0.3, -0.25) is 9.59 Å². The topological polar surface area (TPSA) is 50.3 Å². The molecule has 1 aromatic heterocycles. The van der Waals surface area contributed by atoms with Crippen LogP contribution < -0.4 is 4.90 Å². The number of benzene rings is 2. The highest BCUT2D eigenvalue weighted by molar-refractivity contribution is 6.25. The van der Waals surface area contributed by atoms with E-state index in [1.807, 2.05) is 37.3 Å². The molecular weight excluding hydrogens is 348 g/mol.